The molecule has 3 heterocycles. The van der Waals surface area contributed by atoms with Crippen LogP contribution in [0.25, 0.3) is 28.1 Å². The van der Waals surface area contributed by atoms with Gasteiger partial charge in [-0.2, -0.15) is 0 Å². The summed E-state index contributed by atoms with van der Waals surface area (Å²) in [6, 6.07) is 19.1. The maximum Gasteiger partial charge on any atom is 0.0594 e. The number of aromatic nitrogens is 2. The number of hydrogen-bond donors (Lipinski definition) is 2. The largest absolute Gasteiger partial charge is 0.379 e. The SMILES string of the molecule is C(=C\c1cnccc1-c1c[nH]c2ccccc12)/Nc1ccc(CCN2CCOCC2)cc1. The van der Waals surface area contributed by atoms with Crippen molar-refractivity contribution >= 4 is 22.7 Å². The van der Waals surface area contributed by atoms with E-state index in [-0.39, 0.29) is 0 Å². The number of H-pyrrole nitrogens is 1. The first-order chi connectivity index (χ1) is 15.9. The molecular weight excluding hydrogens is 396 g/mol. The number of fused-ring (bicyclic) bond motifs is 1. The van der Waals surface area contributed by atoms with Crippen LogP contribution >= 0.6 is 0 Å². The minimum atomic E-state index is 0.855. The van der Waals surface area contributed by atoms with E-state index in [4.69, 9.17) is 4.74 Å². The van der Waals surface area contributed by atoms with Crippen LogP contribution in [-0.4, -0.2) is 47.7 Å². The Morgan fingerprint density at radius 2 is 1.84 bits per heavy atom. The molecule has 162 valence electrons. The Morgan fingerprint density at radius 1 is 1.00 bits per heavy atom. The van der Waals surface area contributed by atoms with Gasteiger partial charge in [0.2, 0.25) is 0 Å². The lowest BCUT2D eigenvalue weighted by atomic mass is 10.0. The zero-order chi connectivity index (χ0) is 21.6. The number of aromatic amines is 1. The molecule has 1 aliphatic rings. The summed E-state index contributed by atoms with van der Waals surface area (Å²) in [7, 11) is 0. The highest BCUT2D eigenvalue weighted by Crippen LogP contribution is 2.31. The Balaban J connectivity index is 1.24. The Morgan fingerprint density at radius 3 is 2.72 bits per heavy atom. The summed E-state index contributed by atoms with van der Waals surface area (Å²) in [6.45, 7) is 4.88. The molecule has 0 bridgehead atoms. The van der Waals surface area contributed by atoms with Crippen LogP contribution in [0.3, 0.4) is 0 Å². The predicted octanol–water partition coefficient (Wildman–Crippen LogP) is 5.19. The number of morpholine rings is 1. The number of nitrogens with zero attached hydrogens (tertiary/aromatic N) is 2. The average Bonchev–Trinajstić information content (AvgIpc) is 3.29. The maximum atomic E-state index is 5.42. The van der Waals surface area contributed by atoms with Crippen LogP contribution in [-0.2, 0) is 11.2 Å². The van der Waals surface area contributed by atoms with Gasteiger partial charge in [-0.05, 0) is 47.9 Å². The standard InChI is InChI=1S/C27H28N4O/c1-2-4-27-25(3-1)26(20-30-27)24-10-12-28-19-22(24)9-13-29-23-7-5-21(6-8-23)11-14-31-15-17-32-18-16-31/h1-10,12-13,19-20,29-30H,11,14-18H2/b13-9+. The van der Waals surface area contributed by atoms with Crippen LogP contribution in [0.5, 0.6) is 0 Å². The van der Waals surface area contributed by atoms with Crippen LogP contribution < -0.4 is 5.32 Å². The monoisotopic (exact) mass is 424 g/mol. The number of pyridine rings is 1. The first kappa shape index (κ1) is 20.5. The summed E-state index contributed by atoms with van der Waals surface area (Å²) in [5.74, 6) is 0. The molecule has 5 nitrogen and oxygen atoms in total. The van der Waals surface area contributed by atoms with Gasteiger partial charge < -0.3 is 15.0 Å². The van der Waals surface area contributed by atoms with Crippen molar-refractivity contribution in [1.82, 2.24) is 14.9 Å². The van der Waals surface area contributed by atoms with Crippen LogP contribution in [0.2, 0.25) is 0 Å². The fraction of sp³-hybridized carbons (Fsp3) is 0.222. The molecule has 1 fully saturated rings. The van der Waals surface area contributed by atoms with Gasteiger partial charge in [0.05, 0.1) is 13.2 Å². The summed E-state index contributed by atoms with van der Waals surface area (Å²) in [5, 5.41) is 4.61. The number of ether oxygens (including phenoxy) is 1. The van der Waals surface area contributed by atoms with Gasteiger partial charge >= 0.3 is 0 Å². The highest BCUT2D eigenvalue weighted by Gasteiger charge is 2.10. The van der Waals surface area contributed by atoms with E-state index >= 15 is 0 Å². The molecule has 0 atom stereocenters. The van der Waals surface area contributed by atoms with Crippen molar-refractivity contribution in [2.24, 2.45) is 0 Å². The van der Waals surface area contributed by atoms with Crippen LogP contribution in [0.4, 0.5) is 5.69 Å². The van der Waals surface area contributed by atoms with Crippen molar-refractivity contribution in [1.29, 1.82) is 0 Å². The summed E-state index contributed by atoms with van der Waals surface area (Å²) in [4.78, 5) is 10.2. The van der Waals surface area contributed by atoms with Crippen molar-refractivity contribution in [2.45, 2.75) is 6.42 Å². The minimum absolute atomic E-state index is 0.855. The summed E-state index contributed by atoms with van der Waals surface area (Å²) < 4.78 is 5.42. The van der Waals surface area contributed by atoms with Crippen LogP contribution in [0, 0.1) is 0 Å². The number of hydrogen-bond acceptors (Lipinski definition) is 4. The normalized spacial score (nSPS) is 14.9. The summed E-state index contributed by atoms with van der Waals surface area (Å²) >= 11 is 0. The van der Waals surface area contributed by atoms with E-state index in [9.17, 15) is 0 Å². The van der Waals surface area contributed by atoms with Crippen molar-refractivity contribution < 1.29 is 4.74 Å². The van der Waals surface area contributed by atoms with Crippen molar-refractivity contribution in [3.63, 3.8) is 0 Å². The zero-order valence-electron chi connectivity index (χ0n) is 18.1. The predicted molar refractivity (Wildman–Crippen MR) is 132 cm³/mol. The molecule has 1 aliphatic heterocycles. The molecule has 1 saturated heterocycles. The molecule has 0 unspecified atom stereocenters. The fourth-order valence-electron chi connectivity index (χ4n) is 4.19. The Hall–Kier alpha value is -3.41. The van der Waals surface area contributed by atoms with Crippen LogP contribution in [0.15, 0.2) is 79.4 Å². The first-order valence-corrected chi connectivity index (χ1v) is 11.2. The molecule has 0 amide bonds. The van der Waals surface area contributed by atoms with E-state index in [1.54, 1.807) is 0 Å². The lowest BCUT2D eigenvalue weighted by molar-refractivity contribution is 0.0384. The van der Waals surface area contributed by atoms with Gasteiger partial charge in [0.15, 0.2) is 0 Å². The van der Waals surface area contributed by atoms with Crippen molar-refractivity contribution in [3.8, 4) is 11.1 Å². The molecule has 2 aromatic carbocycles. The van der Waals surface area contributed by atoms with E-state index in [1.807, 2.05) is 24.7 Å². The lowest BCUT2D eigenvalue weighted by Crippen LogP contribution is -2.37. The molecule has 2 aromatic heterocycles. The molecule has 0 spiro atoms. The first-order valence-electron chi connectivity index (χ1n) is 11.2. The highest BCUT2D eigenvalue weighted by atomic mass is 16.5. The molecular formula is C27H28N4O. The third-order valence-electron chi connectivity index (χ3n) is 6.02. The van der Waals surface area contributed by atoms with Crippen molar-refractivity contribution in [2.75, 3.05) is 38.2 Å². The third-order valence-corrected chi connectivity index (χ3v) is 6.02. The number of rotatable bonds is 7. The number of benzene rings is 2. The zero-order valence-corrected chi connectivity index (χ0v) is 18.1. The fourth-order valence-corrected chi connectivity index (χ4v) is 4.19. The molecule has 0 saturated carbocycles. The van der Waals surface area contributed by atoms with Gasteiger partial charge in [-0.1, -0.05) is 30.3 Å². The van der Waals surface area contributed by atoms with Gasteiger partial charge in [0, 0.05) is 72.1 Å². The molecule has 0 aliphatic carbocycles. The Labute approximate surface area is 188 Å². The van der Waals surface area contributed by atoms with Gasteiger partial charge in [-0.15, -0.1) is 0 Å². The van der Waals surface area contributed by atoms with E-state index in [1.165, 1.54) is 16.5 Å². The molecule has 5 heteroatoms. The number of nitrogens with one attached hydrogen (secondary N) is 2. The molecule has 32 heavy (non-hydrogen) atoms. The number of para-hydroxylation sites is 1. The van der Waals surface area contributed by atoms with Crippen molar-refractivity contribution in [3.05, 3.63) is 90.5 Å². The summed E-state index contributed by atoms with van der Waals surface area (Å²) in [5.41, 5.74) is 7.00. The number of anilines is 1. The second kappa shape index (κ2) is 9.81. The summed E-state index contributed by atoms with van der Waals surface area (Å²) in [6.07, 6.45) is 11.0. The second-order valence-electron chi connectivity index (χ2n) is 8.09. The maximum absolute atomic E-state index is 5.42. The molecule has 4 aromatic rings. The van der Waals surface area contributed by atoms with E-state index < -0.39 is 0 Å². The second-order valence-corrected chi connectivity index (χ2v) is 8.09. The average molecular weight is 425 g/mol. The van der Waals surface area contributed by atoms with Gasteiger partial charge in [0.1, 0.15) is 0 Å². The van der Waals surface area contributed by atoms with Gasteiger partial charge in [-0.25, -0.2) is 0 Å². The van der Waals surface area contributed by atoms with E-state index in [0.717, 1.165) is 61.6 Å². The molecule has 2 N–H and O–H groups in total. The lowest BCUT2D eigenvalue weighted by Gasteiger charge is -2.26. The topological polar surface area (TPSA) is 53.2 Å². The Kier molecular flexibility index (Phi) is 6.28. The smallest absolute Gasteiger partial charge is 0.0594 e. The van der Waals surface area contributed by atoms with E-state index in [2.05, 4.69) is 81.0 Å². The Bertz CT molecular complexity index is 1190. The minimum Gasteiger partial charge on any atom is -0.379 e. The molecule has 5 rings (SSSR count). The van der Waals surface area contributed by atoms with Crippen LogP contribution in [0.1, 0.15) is 11.1 Å². The van der Waals surface area contributed by atoms with E-state index in [0.29, 0.717) is 0 Å². The van der Waals surface area contributed by atoms with Gasteiger partial charge in [-0.3, -0.25) is 9.88 Å². The molecule has 0 radical (unpaired) electrons. The quantitative estimate of drug-likeness (QED) is 0.429. The third kappa shape index (κ3) is 4.74. The van der Waals surface area contributed by atoms with Gasteiger partial charge in [0.25, 0.3) is 0 Å². The highest BCUT2D eigenvalue weighted by molar-refractivity contribution is 5.97.